The molecule has 0 spiro atoms. The van der Waals surface area contributed by atoms with E-state index in [9.17, 15) is 24.1 Å². The normalized spacial score (nSPS) is 15.5. The molecule has 17 heavy (non-hydrogen) atoms. The van der Waals surface area contributed by atoms with Crippen LogP contribution in [-0.2, 0) is 9.59 Å². The number of nitro benzene ring substituents is 1. The Kier molecular flexibility index (Phi) is 2.58. The molecule has 7 heteroatoms. The second-order valence-electron chi connectivity index (χ2n) is 3.59. The lowest BCUT2D eigenvalue weighted by Gasteiger charge is -2.14. The summed E-state index contributed by atoms with van der Waals surface area (Å²) in [5.41, 5.74) is -0.504. The summed E-state index contributed by atoms with van der Waals surface area (Å²) in [6.07, 6.45) is -0.254. The van der Waals surface area contributed by atoms with Gasteiger partial charge in [0.05, 0.1) is 29.6 Å². The van der Waals surface area contributed by atoms with Crippen molar-refractivity contribution in [2.75, 3.05) is 11.4 Å². The van der Waals surface area contributed by atoms with Crippen LogP contribution in [0.1, 0.15) is 6.42 Å². The average molecular weight is 238 g/mol. The predicted molar refractivity (Wildman–Crippen MR) is 55.0 cm³/mol. The number of carbonyl (C=O) groups is 2. The van der Waals surface area contributed by atoms with E-state index < -0.39 is 22.3 Å². The van der Waals surface area contributed by atoms with Crippen molar-refractivity contribution in [2.24, 2.45) is 0 Å². The first kappa shape index (κ1) is 11.2. The highest BCUT2D eigenvalue weighted by atomic mass is 19.1. The van der Waals surface area contributed by atoms with Crippen LogP contribution in [0.15, 0.2) is 18.2 Å². The average Bonchev–Trinajstić information content (AvgIpc) is 2.57. The number of nitro groups is 1. The van der Waals surface area contributed by atoms with Gasteiger partial charge in [0.15, 0.2) is 11.6 Å². The molecule has 0 N–H and O–H groups in total. The summed E-state index contributed by atoms with van der Waals surface area (Å²) in [5.74, 6) is -1.68. The zero-order valence-corrected chi connectivity index (χ0v) is 8.55. The van der Waals surface area contributed by atoms with E-state index in [2.05, 4.69) is 0 Å². The smallest absolute Gasteiger partial charge is 0.272 e. The Morgan fingerprint density at radius 3 is 2.53 bits per heavy atom. The molecule has 1 heterocycles. The molecule has 0 radical (unpaired) electrons. The molecule has 1 saturated heterocycles. The van der Waals surface area contributed by atoms with Crippen LogP contribution in [-0.4, -0.2) is 23.2 Å². The number of carbonyl (C=O) groups excluding carboxylic acids is 2. The quantitative estimate of drug-likeness (QED) is 0.438. The Balaban J connectivity index is 2.37. The third-order valence-electron chi connectivity index (χ3n) is 2.42. The maximum Gasteiger partial charge on any atom is 0.272 e. The summed E-state index contributed by atoms with van der Waals surface area (Å²) in [4.78, 5) is 33.1. The standard InChI is InChI=1S/C10H7FN2O4/c11-8-3-6(13(16)17)1-2-9(8)12-5-7(14)4-10(12)15/h1-3H,4-5H2. The molecule has 0 atom stereocenters. The van der Waals surface area contributed by atoms with E-state index in [1.54, 1.807) is 0 Å². The molecule has 0 aliphatic carbocycles. The minimum absolute atomic E-state index is 0.105. The monoisotopic (exact) mass is 238 g/mol. The summed E-state index contributed by atoms with van der Waals surface area (Å²) < 4.78 is 13.6. The van der Waals surface area contributed by atoms with Crippen LogP contribution in [0.25, 0.3) is 0 Å². The van der Waals surface area contributed by atoms with Gasteiger partial charge in [-0.25, -0.2) is 4.39 Å². The fraction of sp³-hybridized carbons (Fsp3) is 0.200. The van der Waals surface area contributed by atoms with Crippen molar-refractivity contribution < 1.29 is 18.9 Å². The van der Waals surface area contributed by atoms with Crippen molar-refractivity contribution in [1.29, 1.82) is 0 Å². The van der Waals surface area contributed by atoms with Crippen molar-refractivity contribution >= 4 is 23.1 Å². The number of ketones is 1. The minimum Gasteiger partial charge on any atom is -0.302 e. The minimum atomic E-state index is -0.887. The van der Waals surface area contributed by atoms with Gasteiger partial charge >= 0.3 is 0 Å². The SMILES string of the molecule is O=C1CC(=O)N(c2ccc([N+](=O)[O-])cc2F)C1. The number of halogens is 1. The van der Waals surface area contributed by atoms with Gasteiger partial charge in [0, 0.05) is 6.07 Å². The van der Waals surface area contributed by atoms with Crippen LogP contribution in [0.5, 0.6) is 0 Å². The Bertz CT molecular complexity index is 529. The van der Waals surface area contributed by atoms with Gasteiger partial charge < -0.3 is 4.90 Å². The van der Waals surface area contributed by atoms with Crippen LogP contribution in [0.4, 0.5) is 15.8 Å². The predicted octanol–water partition coefficient (Wildman–Crippen LogP) is 1.04. The lowest BCUT2D eigenvalue weighted by Crippen LogP contribution is -2.25. The topological polar surface area (TPSA) is 80.5 Å². The number of non-ortho nitro benzene ring substituents is 1. The first-order chi connectivity index (χ1) is 7.99. The van der Waals surface area contributed by atoms with Gasteiger partial charge in [0.1, 0.15) is 0 Å². The van der Waals surface area contributed by atoms with Gasteiger partial charge in [-0.1, -0.05) is 0 Å². The van der Waals surface area contributed by atoms with Crippen LogP contribution in [0.3, 0.4) is 0 Å². The van der Waals surface area contributed by atoms with Crippen molar-refractivity contribution in [3.8, 4) is 0 Å². The van der Waals surface area contributed by atoms with Crippen molar-refractivity contribution in [2.45, 2.75) is 6.42 Å². The largest absolute Gasteiger partial charge is 0.302 e. The fourth-order valence-corrected chi connectivity index (χ4v) is 1.63. The first-order valence-electron chi connectivity index (χ1n) is 4.75. The zero-order chi connectivity index (χ0) is 12.6. The lowest BCUT2D eigenvalue weighted by atomic mass is 10.2. The Hall–Kier alpha value is -2.31. The van der Waals surface area contributed by atoms with Gasteiger partial charge in [-0.3, -0.25) is 19.7 Å². The van der Waals surface area contributed by atoms with Gasteiger partial charge in [-0.15, -0.1) is 0 Å². The Labute approximate surface area is 94.8 Å². The molecule has 0 aromatic heterocycles. The highest BCUT2D eigenvalue weighted by Crippen LogP contribution is 2.26. The molecule has 1 aromatic rings. The molecular weight excluding hydrogens is 231 g/mol. The summed E-state index contributed by atoms with van der Waals surface area (Å²) >= 11 is 0. The van der Waals surface area contributed by atoms with E-state index in [4.69, 9.17) is 0 Å². The van der Waals surface area contributed by atoms with Crippen LogP contribution >= 0.6 is 0 Å². The number of hydrogen-bond acceptors (Lipinski definition) is 4. The molecule has 2 rings (SSSR count). The lowest BCUT2D eigenvalue weighted by molar-refractivity contribution is -0.385. The second-order valence-corrected chi connectivity index (χ2v) is 3.59. The Morgan fingerprint density at radius 1 is 1.35 bits per heavy atom. The van der Waals surface area contributed by atoms with Gasteiger partial charge in [0.25, 0.3) is 5.69 Å². The second kappa shape index (κ2) is 3.93. The molecule has 0 saturated carbocycles. The number of benzene rings is 1. The van der Waals surface area contributed by atoms with Gasteiger partial charge in [-0.05, 0) is 6.07 Å². The molecule has 88 valence electrons. The van der Waals surface area contributed by atoms with Crippen molar-refractivity contribution in [3.05, 3.63) is 34.1 Å². The molecule has 1 fully saturated rings. The number of nitrogens with zero attached hydrogens (tertiary/aromatic N) is 2. The van der Waals surface area contributed by atoms with Crippen LogP contribution < -0.4 is 4.90 Å². The van der Waals surface area contributed by atoms with Crippen molar-refractivity contribution in [1.82, 2.24) is 0 Å². The molecule has 1 aliphatic rings. The summed E-state index contributed by atoms with van der Waals surface area (Å²) in [5, 5.41) is 10.4. The molecule has 1 aliphatic heterocycles. The van der Waals surface area contributed by atoms with E-state index in [0.717, 1.165) is 23.1 Å². The highest BCUT2D eigenvalue weighted by molar-refractivity contribution is 6.15. The summed E-state index contributed by atoms with van der Waals surface area (Å²) in [6.45, 7) is -0.187. The van der Waals surface area contributed by atoms with Crippen molar-refractivity contribution in [3.63, 3.8) is 0 Å². The van der Waals surface area contributed by atoms with Crippen LogP contribution in [0.2, 0.25) is 0 Å². The highest BCUT2D eigenvalue weighted by Gasteiger charge is 2.30. The maximum absolute atomic E-state index is 13.6. The third-order valence-corrected chi connectivity index (χ3v) is 2.42. The molecule has 0 unspecified atom stereocenters. The van der Waals surface area contributed by atoms with Gasteiger partial charge in [-0.2, -0.15) is 0 Å². The maximum atomic E-state index is 13.6. The molecule has 1 aromatic carbocycles. The van der Waals surface area contributed by atoms with E-state index in [0.29, 0.717) is 0 Å². The van der Waals surface area contributed by atoms with E-state index in [-0.39, 0.29) is 24.4 Å². The number of anilines is 1. The number of rotatable bonds is 2. The Morgan fingerprint density at radius 2 is 2.06 bits per heavy atom. The van der Waals surface area contributed by atoms with E-state index in [1.165, 1.54) is 0 Å². The summed E-state index contributed by atoms with van der Waals surface area (Å²) in [7, 11) is 0. The number of Topliss-reactive ketones (excluding diaryl/α,β-unsaturated/α-hetero) is 1. The zero-order valence-electron chi connectivity index (χ0n) is 8.55. The van der Waals surface area contributed by atoms with E-state index in [1.807, 2.05) is 0 Å². The first-order valence-corrected chi connectivity index (χ1v) is 4.75. The molecule has 6 nitrogen and oxygen atoms in total. The molecular formula is C10H7FN2O4. The number of hydrogen-bond donors (Lipinski definition) is 0. The van der Waals surface area contributed by atoms with Crippen LogP contribution in [0, 0.1) is 15.9 Å². The number of amides is 1. The third kappa shape index (κ3) is 1.99. The molecule has 0 bridgehead atoms. The molecule has 1 amide bonds. The fourth-order valence-electron chi connectivity index (χ4n) is 1.63. The van der Waals surface area contributed by atoms with Gasteiger partial charge in [0.2, 0.25) is 5.91 Å². The van der Waals surface area contributed by atoms with E-state index >= 15 is 0 Å². The summed E-state index contributed by atoms with van der Waals surface area (Å²) in [6, 6.07) is 2.95.